The molecular weight excluding hydrogens is 304 g/mol. The van der Waals surface area contributed by atoms with Crippen molar-refractivity contribution in [2.24, 2.45) is 21.7 Å². The number of thiophene rings is 1. The van der Waals surface area contributed by atoms with Crippen LogP contribution in [0.4, 0.5) is 0 Å². The van der Waals surface area contributed by atoms with Gasteiger partial charge in [0.05, 0.1) is 13.3 Å². The molecule has 114 valence electrons. The van der Waals surface area contributed by atoms with E-state index in [1.807, 2.05) is 0 Å². The first-order chi connectivity index (χ1) is 10.6. The van der Waals surface area contributed by atoms with E-state index in [0.717, 1.165) is 0 Å². The molecule has 2 aromatic rings. The quantitative estimate of drug-likeness (QED) is 0.286. The van der Waals surface area contributed by atoms with E-state index in [1.165, 1.54) is 24.7 Å². The second-order valence-corrected chi connectivity index (χ2v) is 4.99. The van der Waals surface area contributed by atoms with Crippen molar-refractivity contribution in [2.45, 2.75) is 0 Å². The van der Waals surface area contributed by atoms with Gasteiger partial charge in [0.25, 0.3) is 0 Å². The van der Waals surface area contributed by atoms with E-state index in [9.17, 15) is 4.79 Å². The van der Waals surface area contributed by atoms with Gasteiger partial charge < -0.3 is 20.9 Å². The minimum atomic E-state index is -0.435. The molecule has 2 rings (SSSR count). The Labute approximate surface area is 130 Å². The van der Waals surface area contributed by atoms with Crippen molar-refractivity contribution in [3.63, 3.8) is 0 Å². The van der Waals surface area contributed by atoms with Gasteiger partial charge in [0.2, 0.25) is 5.96 Å². The number of carbonyl (C=O) groups excluding carboxylic acids is 1. The lowest BCUT2D eigenvalue weighted by Gasteiger charge is -2.09. The van der Waals surface area contributed by atoms with Gasteiger partial charge in [-0.25, -0.2) is 4.79 Å². The second kappa shape index (κ2) is 7.23. The topological polar surface area (TPSA) is 112 Å². The second-order valence-electron chi connectivity index (χ2n) is 4.05. The van der Waals surface area contributed by atoms with E-state index in [-0.39, 0.29) is 5.96 Å². The lowest BCUT2D eigenvalue weighted by atomic mass is 10.2. The van der Waals surface area contributed by atoms with Gasteiger partial charge in [-0.15, -0.1) is 16.4 Å². The van der Waals surface area contributed by atoms with E-state index < -0.39 is 5.97 Å². The van der Waals surface area contributed by atoms with Crippen LogP contribution in [0, 0.1) is 0 Å². The fraction of sp³-hybridized carbons (Fsp3) is 0.0714. The van der Waals surface area contributed by atoms with Crippen molar-refractivity contribution in [3.05, 3.63) is 46.2 Å². The van der Waals surface area contributed by atoms with Crippen LogP contribution in [0.3, 0.4) is 0 Å². The Morgan fingerprint density at radius 3 is 2.73 bits per heavy atom. The molecule has 1 heterocycles. The molecule has 0 spiro atoms. The summed E-state index contributed by atoms with van der Waals surface area (Å²) in [4.78, 5) is 12.5. The predicted octanol–water partition coefficient (Wildman–Crippen LogP) is 1.58. The highest BCUT2D eigenvalue weighted by atomic mass is 32.1. The Morgan fingerprint density at radius 2 is 2.09 bits per heavy atom. The minimum absolute atomic E-state index is 0.135. The molecule has 0 unspecified atom stereocenters. The number of carbonyl (C=O) groups is 1. The third kappa shape index (κ3) is 4.06. The monoisotopic (exact) mass is 318 g/mol. The van der Waals surface area contributed by atoms with E-state index in [4.69, 9.17) is 20.9 Å². The molecule has 0 atom stereocenters. The standard InChI is InChI=1S/C14H14N4O3S/c1-20-11-7-9(8-17-18-14(15)16)4-5-10(11)21-13(19)12-3-2-6-22-12/h2-8H,1H3,(H4,15,16,18)/b17-8-. The van der Waals surface area contributed by atoms with Crippen LogP contribution in [0.15, 0.2) is 45.9 Å². The number of rotatable bonds is 5. The van der Waals surface area contributed by atoms with Gasteiger partial charge >= 0.3 is 5.97 Å². The van der Waals surface area contributed by atoms with Crippen LogP contribution < -0.4 is 20.9 Å². The van der Waals surface area contributed by atoms with Crippen LogP contribution >= 0.6 is 11.3 Å². The van der Waals surface area contributed by atoms with Gasteiger partial charge in [-0.3, -0.25) is 0 Å². The molecule has 0 bridgehead atoms. The summed E-state index contributed by atoms with van der Waals surface area (Å²) in [5, 5.41) is 9.00. The zero-order valence-corrected chi connectivity index (χ0v) is 12.5. The summed E-state index contributed by atoms with van der Waals surface area (Å²) in [6.07, 6.45) is 1.45. The predicted molar refractivity (Wildman–Crippen MR) is 85.7 cm³/mol. The molecule has 0 aliphatic carbocycles. The number of methoxy groups -OCH3 is 1. The van der Waals surface area contributed by atoms with Crippen molar-refractivity contribution < 1.29 is 14.3 Å². The summed E-state index contributed by atoms with van der Waals surface area (Å²) < 4.78 is 10.5. The number of ether oxygens (including phenoxy) is 2. The average Bonchev–Trinajstić information content (AvgIpc) is 3.02. The maximum absolute atomic E-state index is 11.9. The van der Waals surface area contributed by atoms with E-state index >= 15 is 0 Å². The Kier molecular flexibility index (Phi) is 5.10. The third-order valence-corrected chi connectivity index (χ3v) is 3.34. The molecule has 0 saturated carbocycles. The van der Waals surface area contributed by atoms with Crippen LogP contribution in [0.5, 0.6) is 11.5 Å². The van der Waals surface area contributed by atoms with E-state index in [0.29, 0.717) is 21.9 Å². The van der Waals surface area contributed by atoms with Gasteiger partial charge in [0, 0.05) is 0 Å². The van der Waals surface area contributed by atoms with Crippen LogP contribution in [-0.4, -0.2) is 25.3 Å². The molecule has 0 radical (unpaired) electrons. The number of esters is 1. The average molecular weight is 318 g/mol. The SMILES string of the molecule is COc1cc(/C=N\N=C(N)N)ccc1OC(=O)c1cccs1. The Morgan fingerprint density at radius 1 is 1.27 bits per heavy atom. The molecule has 1 aromatic heterocycles. The maximum Gasteiger partial charge on any atom is 0.353 e. The van der Waals surface area contributed by atoms with Crippen LogP contribution in [0.2, 0.25) is 0 Å². The molecule has 0 aliphatic rings. The molecule has 22 heavy (non-hydrogen) atoms. The van der Waals surface area contributed by atoms with Crippen LogP contribution in [0.25, 0.3) is 0 Å². The number of guanidine groups is 1. The van der Waals surface area contributed by atoms with Crippen molar-refractivity contribution in [2.75, 3.05) is 7.11 Å². The molecule has 0 fully saturated rings. The van der Waals surface area contributed by atoms with Gasteiger partial charge in [-0.05, 0) is 35.2 Å². The number of nitrogens with zero attached hydrogens (tertiary/aromatic N) is 2. The van der Waals surface area contributed by atoms with Gasteiger partial charge in [0.15, 0.2) is 11.5 Å². The highest BCUT2D eigenvalue weighted by Gasteiger charge is 2.13. The van der Waals surface area contributed by atoms with Gasteiger partial charge in [0.1, 0.15) is 4.88 Å². The normalized spacial score (nSPS) is 10.4. The fourth-order valence-electron chi connectivity index (χ4n) is 1.56. The zero-order chi connectivity index (χ0) is 15.9. The summed E-state index contributed by atoms with van der Waals surface area (Å²) in [6, 6.07) is 8.44. The lowest BCUT2D eigenvalue weighted by Crippen LogP contribution is -2.21. The molecule has 1 aromatic carbocycles. The molecular formula is C14H14N4O3S. The van der Waals surface area contributed by atoms with Crippen molar-refractivity contribution in [1.29, 1.82) is 0 Å². The molecule has 4 N–H and O–H groups in total. The first kappa shape index (κ1) is 15.5. The molecule has 7 nitrogen and oxygen atoms in total. The number of nitrogens with two attached hydrogens (primary N) is 2. The van der Waals surface area contributed by atoms with E-state index in [1.54, 1.807) is 35.7 Å². The molecule has 0 saturated heterocycles. The molecule has 0 amide bonds. The smallest absolute Gasteiger partial charge is 0.353 e. The lowest BCUT2D eigenvalue weighted by molar-refractivity contribution is 0.0735. The summed E-state index contributed by atoms with van der Waals surface area (Å²) in [5.74, 6) is 0.151. The number of hydrogen-bond acceptors (Lipinski definition) is 6. The van der Waals surface area contributed by atoms with Gasteiger partial charge in [-0.2, -0.15) is 5.10 Å². The summed E-state index contributed by atoms with van der Waals surface area (Å²) in [7, 11) is 1.48. The minimum Gasteiger partial charge on any atom is -0.493 e. The van der Waals surface area contributed by atoms with Crippen molar-refractivity contribution in [3.8, 4) is 11.5 Å². The first-order valence-electron chi connectivity index (χ1n) is 6.16. The summed E-state index contributed by atoms with van der Waals surface area (Å²) in [6.45, 7) is 0. The third-order valence-electron chi connectivity index (χ3n) is 2.49. The van der Waals surface area contributed by atoms with Crippen molar-refractivity contribution >= 4 is 29.5 Å². The zero-order valence-electron chi connectivity index (χ0n) is 11.7. The molecule has 8 heteroatoms. The summed E-state index contributed by atoms with van der Waals surface area (Å²) >= 11 is 1.31. The van der Waals surface area contributed by atoms with Crippen LogP contribution in [0.1, 0.15) is 15.2 Å². The number of hydrogen-bond donors (Lipinski definition) is 2. The van der Waals surface area contributed by atoms with E-state index in [2.05, 4.69) is 10.2 Å². The highest BCUT2D eigenvalue weighted by Crippen LogP contribution is 2.28. The first-order valence-corrected chi connectivity index (χ1v) is 7.04. The Balaban J connectivity index is 2.17. The maximum atomic E-state index is 11.9. The Hall–Kier alpha value is -2.87. The Bertz CT molecular complexity index is 707. The van der Waals surface area contributed by atoms with Gasteiger partial charge in [-0.1, -0.05) is 6.07 Å². The fourth-order valence-corrected chi connectivity index (χ4v) is 2.15. The highest BCUT2D eigenvalue weighted by molar-refractivity contribution is 7.12. The van der Waals surface area contributed by atoms with Crippen molar-refractivity contribution in [1.82, 2.24) is 0 Å². The largest absolute Gasteiger partial charge is 0.493 e. The number of benzene rings is 1. The summed E-state index contributed by atoms with van der Waals surface area (Å²) in [5.41, 5.74) is 11.0. The molecule has 0 aliphatic heterocycles. The van der Waals surface area contributed by atoms with Crippen LogP contribution in [-0.2, 0) is 0 Å².